The van der Waals surface area contributed by atoms with E-state index in [1.165, 1.54) is 12.1 Å². The quantitative estimate of drug-likeness (QED) is 0.577. The van der Waals surface area contributed by atoms with E-state index in [0.29, 0.717) is 12.1 Å². The van der Waals surface area contributed by atoms with Gasteiger partial charge in [0.2, 0.25) is 5.91 Å². The van der Waals surface area contributed by atoms with Gasteiger partial charge in [0.25, 0.3) is 5.69 Å². The van der Waals surface area contributed by atoms with E-state index < -0.39 is 4.92 Å². The molecule has 0 saturated heterocycles. The van der Waals surface area contributed by atoms with Crippen molar-refractivity contribution in [1.82, 2.24) is 9.38 Å². The second-order valence-corrected chi connectivity index (χ2v) is 5.43. The third kappa shape index (κ3) is 3.24. The van der Waals surface area contributed by atoms with Gasteiger partial charge in [0.05, 0.1) is 10.6 Å². The molecule has 0 aliphatic carbocycles. The number of hydrogen-bond donors (Lipinski definition) is 1. The summed E-state index contributed by atoms with van der Waals surface area (Å²) in [5.41, 5.74) is 3.10. The number of pyridine rings is 1. The Bertz CT molecular complexity index is 917. The van der Waals surface area contributed by atoms with E-state index in [4.69, 9.17) is 0 Å². The standard InChI is InChI=1S/C17H16N4O3/c1-12-15(20-10-3-2-7-16(20)18-12)8-9-17(22)19-13-5-4-6-14(11-13)21(23)24/h2-7,10-11H,8-9H2,1H3,(H,19,22). The Labute approximate surface area is 138 Å². The second kappa shape index (κ2) is 6.49. The Kier molecular flexibility index (Phi) is 4.24. The fraction of sp³-hybridized carbons (Fsp3) is 0.176. The molecule has 3 aromatic rings. The zero-order chi connectivity index (χ0) is 17.1. The number of carbonyl (C=O) groups is 1. The highest BCUT2D eigenvalue weighted by molar-refractivity contribution is 5.91. The summed E-state index contributed by atoms with van der Waals surface area (Å²) in [5.74, 6) is -0.194. The molecule has 1 aromatic carbocycles. The van der Waals surface area contributed by atoms with Gasteiger partial charge < -0.3 is 9.72 Å². The molecule has 7 nitrogen and oxygen atoms in total. The summed E-state index contributed by atoms with van der Waals surface area (Å²) in [7, 11) is 0. The van der Waals surface area contributed by atoms with Crippen LogP contribution in [-0.2, 0) is 11.2 Å². The van der Waals surface area contributed by atoms with Gasteiger partial charge in [-0.1, -0.05) is 12.1 Å². The molecule has 0 unspecified atom stereocenters. The Hall–Kier alpha value is -3.22. The topological polar surface area (TPSA) is 89.5 Å². The maximum atomic E-state index is 12.1. The Morgan fingerprint density at radius 3 is 2.92 bits per heavy atom. The van der Waals surface area contributed by atoms with Crippen LogP contribution in [0.4, 0.5) is 11.4 Å². The molecule has 0 bridgehead atoms. The number of hydrogen-bond acceptors (Lipinski definition) is 4. The zero-order valence-electron chi connectivity index (χ0n) is 13.1. The van der Waals surface area contributed by atoms with Crippen LogP contribution in [0.2, 0.25) is 0 Å². The van der Waals surface area contributed by atoms with E-state index in [9.17, 15) is 14.9 Å². The molecule has 0 radical (unpaired) electrons. The molecule has 0 spiro atoms. The van der Waals surface area contributed by atoms with Gasteiger partial charge in [0.15, 0.2) is 0 Å². The van der Waals surface area contributed by atoms with Gasteiger partial charge in [-0.2, -0.15) is 0 Å². The van der Waals surface area contributed by atoms with E-state index >= 15 is 0 Å². The molecule has 24 heavy (non-hydrogen) atoms. The van der Waals surface area contributed by atoms with Crippen LogP contribution < -0.4 is 5.32 Å². The number of aromatic nitrogens is 2. The predicted octanol–water partition coefficient (Wildman–Crippen LogP) is 3.12. The number of aryl methyl sites for hydroxylation is 2. The number of fused-ring (bicyclic) bond motifs is 1. The van der Waals surface area contributed by atoms with Crippen molar-refractivity contribution in [3.05, 3.63) is 70.2 Å². The van der Waals surface area contributed by atoms with Gasteiger partial charge in [-0.3, -0.25) is 14.9 Å². The van der Waals surface area contributed by atoms with Crippen LogP contribution in [0.15, 0.2) is 48.7 Å². The summed E-state index contributed by atoms with van der Waals surface area (Å²) < 4.78 is 1.97. The number of nitrogens with one attached hydrogen (secondary N) is 1. The van der Waals surface area contributed by atoms with Gasteiger partial charge >= 0.3 is 0 Å². The van der Waals surface area contributed by atoms with E-state index in [2.05, 4.69) is 10.3 Å². The average Bonchev–Trinajstić information content (AvgIpc) is 2.88. The Morgan fingerprint density at radius 1 is 1.29 bits per heavy atom. The molecule has 0 atom stereocenters. The van der Waals surface area contributed by atoms with Crippen LogP contribution in [0.1, 0.15) is 17.8 Å². The van der Waals surface area contributed by atoms with Crippen LogP contribution in [0.5, 0.6) is 0 Å². The third-order valence-electron chi connectivity index (χ3n) is 3.76. The number of non-ortho nitro benzene ring substituents is 1. The first kappa shape index (κ1) is 15.7. The minimum atomic E-state index is -0.489. The lowest BCUT2D eigenvalue weighted by atomic mass is 10.2. The zero-order valence-corrected chi connectivity index (χ0v) is 13.1. The number of imidazole rings is 1. The van der Waals surface area contributed by atoms with E-state index in [1.807, 2.05) is 35.7 Å². The molecule has 0 aliphatic heterocycles. The highest BCUT2D eigenvalue weighted by Gasteiger charge is 2.12. The molecule has 1 amide bonds. The molecule has 122 valence electrons. The van der Waals surface area contributed by atoms with E-state index in [0.717, 1.165) is 17.0 Å². The van der Waals surface area contributed by atoms with Crippen molar-refractivity contribution in [3.8, 4) is 0 Å². The van der Waals surface area contributed by atoms with Crippen LogP contribution in [0.25, 0.3) is 5.65 Å². The molecule has 0 aliphatic rings. The summed E-state index contributed by atoms with van der Waals surface area (Å²) in [6.07, 6.45) is 2.73. The van der Waals surface area contributed by atoms with Crippen molar-refractivity contribution in [3.63, 3.8) is 0 Å². The smallest absolute Gasteiger partial charge is 0.271 e. The molecular weight excluding hydrogens is 308 g/mol. The molecule has 0 saturated carbocycles. The molecule has 2 aromatic heterocycles. The number of nitro benzene ring substituents is 1. The molecule has 1 N–H and O–H groups in total. The molecular formula is C17H16N4O3. The van der Waals surface area contributed by atoms with Crippen LogP contribution in [0.3, 0.4) is 0 Å². The van der Waals surface area contributed by atoms with Gasteiger partial charge in [-0.25, -0.2) is 4.98 Å². The van der Waals surface area contributed by atoms with Crippen molar-refractivity contribution >= 4 is 22.9 Å². The summed E-state index contributed by atoms with van der Waals surface area (Å²) in [6, 6.07) is 11.7. The first-order valence-corrected chi connectivity index (χ1v) is 7.51. The minimum absolute atomic E-state index is 0.0505. The van der Waals surface area contributed by atoms with Gasteiger partial charge in [0, 0.05) is 36.1 Å². The minimum Gasteiger partial charge on any atom is -0.326 e. The van der Waals surface area contributed by atoms with Crippen LogP contribution >= 0.6 is 0 Å². The average molecular weight is 324 g/mol. The van der Waals surface area contributed by atoms with E-state index in [-0.39, 0.29) is 18.0 Å². The number of anilines is 1. The number of nitro groups is 1. The number of carbonyl (C=O) groups excluding carboxylic acids is 1. The fourth-order valence-electron chi connectivity index (χ4n) is 2.62. The summed E-state index contributed by atoms with van der Waals surface area (Å²) in [6.45, 7) is 1.92. The predicted molar refractivity (Wildman–Crippen MR) is 90.0 cm³/mol. The lowest BCUT2D eigenvalue weighted by Gasteiger charge is -2.06. The SMILES string of the molecule is Cc1nc2ccccn2c1CCC(=O)Nc1cccc([N+](=O)[O-])c1. The maximum absolute atomic E-state index is 12.1. The highest BCUT2D eigenvalue weighted by Crippen LogP contribution is 2.18. The van der Waals surface area contributed by atoms with Crippen molar-refractivity contribution in [1.29, 1.82) is 0 Å². The lowest BCUT2D eigenvalue weighted by molar-refractivity contribution is -0.384. The summed E-state index contributed by atoms with van der Waals surface area (Å²) in [5, 5.41) is 13.5. The monoisotopic (exact) mass is 324 g/mol. The Balaban J connectivity index is 1.68. The number of amides is 1. The Morgan fingerprint density at radius 2 is 2.12 bits per heavy atom. The van der Waals surface area contributed by atoms with Gasteiger partial charge in [-0.15, -0.1) is 0 Å². The number of nitrogens with zero attached hydrogens (tertiary/aromatic N) is 3. The largest absolute Gasteiger partial charge is 0.326 e. The highest BCUT2D eigenvalue weighted by atomic mass is 16.6. The number of benzene rings is 1. The lowest BCUT2D eigenvalue weighted by Crippen LogP contribution is -2.13. The first-order chi connectivity index (χ1) is 11.5. The van der Waals surface area contributed by atoms with Crippen molar-refractivity contribution in [2.75, 3.05) is 5.32 Å². The number of rotatable bonds is 5. The maximum Gasteiger partial charge on any atom is 0.271 e. The summed E-state index contributed by atoms with van der Waals surface area (Å²) in [4.78, 5) is 26.9. The molecule has 3 rings (SSSR count). The van der Waals surface area contributed by atoms with Crippen molar-refractivity contribution in [2.45, 2.75) is 19.8 Å². The normalized spacial score (nSPS) is 10.7. The molecule has 7 heteroatoms. The van der Waals surface area contributed by atoms with Gasteiger partial charge in [0.1, 0.15) is 5.65 Å². The van der Waals surface area contributed by atoms with Gasteiger partial charge in [-0.05, 0) is 31.5 Å². The summed E-state index contributed by atoms with van der Waals surface area (Å²) >= 11 is 0. The second-order valence-electron chi connectivity index (χ2n) is 5.43. The fourth-order valence-corrected chi connectivity index (χ4v) is 2.62. The van der Waals surface area contributed by atoms with Crippen molar-refractivity contribution < 1.29 is 9.72 Å². The van der Waals surface area contributed by atoms with Crippen LogP contribution in [0, 0.1) is 17.0 Å². The van der Waals surface area contributed by atoms with E-state index in [1.54, 1.807) is 12.1 Å². The van der Waals surface area contributed by atoms with Crippen LogP contribution in [-0.4, -0.2) is 20.2 Å². The molecule has 2 heterocycles. The first-order valence-electron chi connectivity index (χ1n) is 7.51. The molecule has 0 fully saturated rings. The van der Waals surface area contributed by atoms with Crippen molar-refractivity contribution in [2.24, 2.45) is 0 Å². The third-order valence-corrected chi connectivity index (χ3v) is 3.76.